The van der Waals surface area contributed by atoms with Crippen LogP contribution in [-0.4, -0.2) is 16.3 Å². The Morgan fingerprint density at radius 3 is 2.62 bits per heavy atom. The largest absolute Gasteiger partial charge is 0.369 e. The number of aromatic nitrogens is 2. The first-order chi connectivity index (χ1) is 11.6. The van der Waals surface area contributed by atoms with Crippen LogP contribution < -0.4 is 5.32 Å². The number of halogens is 3. The van der Waals surface area contributed by atoms with Crippen molar-refractivity contribution in [3.05, 3.63) is 74.4 Å². The molecule has 3 aromatic rings. The first-order valence-corrected chi connectivity index (χ1v) is 8.80. The van der Waals surface area contributed by atoms with Crippen molar-refractivity contribution in [2.24, 2.45) is 0 Å². The molecule has 0 amide bonds. The van der Waals surface area contributed by atoms with Crippen molar-refractivity contribution in [1.82, 2.24) is 9.78 Å². The zero-order chi connectivity index (χ0) is 16.7. The highest BCUT2D eigenvalue weighted by Gasteiger charge is 2.23. The molecule has 0 saturated heterocycles. The summed E-state index contributed by atoms with van der Waals surface area (Å²) >= 11 is 18.5. The number of nitrogens with one attached hydrogen (secondary N) is 1. The van der Waals surface area contributed by atoms with Gasteiger partial charge in [-0.15, -0.1) is 0 Å². The molecule has 0 bridgehead atoms. The molecule has 1 N–H and O–H groups in total. The quantitative estimate of drug-likeness (QED) is 0.662. The molecule has 1 aliphatic rings. The maximum absolute atomic E-state index is 6.30. The van der Waals surface area contributed by atoms with E-state index >= 15 is 0 Å². The Labute approximate surface area is 155 Å². The van der Waals surface area contributed by atoms with E-state index in [1.807, 2.05) is 41.1 Å². The minimum absolute atomic E-state index is 0.518. The molecule has 0 fully saturated rings. The van der Waals surface area contributed by atoms with E-state index in [4.69, 9.17) is 39.9 Å². The van der Waals surface area contributed by atoms with E-state index in [0.29, 0.717) is 16.5 Å². The number of rotatable bonds is 3. The zero-order valence-corrected chi connectivity index (χ0v) is 15.0. The van der Waals surface area contributed by atoms with Crippen molar-refractivity contribution in [2.75, 3.05) is 11.9 Å². The monoisotopic (exact) mass is 377 g/mol. The molecule has 0 unspecified atom stereocenters. The summed E-state index contributed by atoms with van der Waals surface area (Å²) in [5.41, 5.74) is 4.24. The molecular formula is C18H14Cl3N3. The molecule has 1 aromatic heterocycles. The maximum atomic E-state index is 6.30. The van der Waals surface area contributed by atoms with Crippen molar-refractivity contribution in [2.45, 2.75) is 12.8 Å². The first-order valence-electron chi connectivity index (χ1n) is 7.67. The van der Waals surface area contributed by atoms with Gasteiger partial charge in [-0.2, -0.15) is 5.10 Å². The van der Waals surface area contributed by atoms with Gasteiger partial charge in [0.2, 0.25) is 0 Å². The number of fused-ring (bicyclic) bond motifs is 1. The molecule has 0 aliphatic carbocycles. The van der Waals surface area contributed by atoms with Crippen LogP contribution in [0.5, 0.6) is 0 Å². The summed E-state index contributed by atoms with van der Waals surface area (Å²) in [5.74, 6) is 1.02. The van der Waals surface area contributed by atoms with Crippen molar-refractivity contribution in [3.63, 3.8) is 0 Å². The van der Waals surface area contributed by atoms with E-state index in [1.54, 1.807) is 6.07 Å². The fourth-order valence-electron chi connectivity index (χ4n) is 3.01. The fraction of sp³-hybridized carbons (Fsp3) is 0.167. The average molecular weight is 379 g/mol. The van der Waals surface area contributed by atoms with E-state index < -0.39 is 0 Å². The standard InChI is InChI=1S/C18H14Cl3N3/c19-14-4-2-1-3-11(14)9-17-13-7-8-22-18(13)24(23-17)12-5-6-15(20)16(21)10-12/h1-6,10,22H,7-9H2. The van der Waals surface area contributed by atoms with Crippen molar-refractivity contribution in [3.8, 4) is 5.69 Å². The van der Waals surface area contributed by atoms with E-state index in [-0.39, 0.29) is 0 Å². The summed E-state index contributed by atoms with van der Waals surface area (Å²) in [6.07, 6.45) is 1.66. The first kappa shape index (κ1) is 15.8. The minimum atomic E-state index is 0.518. The normalized spacial score (nSPS) is 13.0. The fourth-order valence-corrected chi connectivity index (χ4v) is 3.51. The Morgan fingerprint density at radius 1 is 1.00 bits per heavy atom. The maximum Gasteiger partial charge on any atom is 0.133 e. The van der Waals surface area contributed by atoms with E-state index in [2.05, 4.69) is 5.32 Å². The van der Waals surface area contributed by atoms with Crippen molar-refractivity contribution < 1.29 is 0 Å². The number of hydrogen-bond donors (Lipinski definition) is 1. The minimum Gasteiger partial charge on any atom is -0.369 e. The van der Waals surface area contributed by atoms with Gasteiger partial charge in [-0.25, -0.2) is 4.68 Å². The molecule has 24 heavy (non-hydrogen) atoms. The smallest absolute Gasteiger partial charge is 0.133 e. The third-order valence-corrected chi connectivity index (χ3v) is 5.31. The van der Waals surface area contributed by atoms with Gasteiger partial charge in [0.1, 0.15) is 5.82 Å². The molecule has 2 heterocycles. The van der Waals surface area contributed by atoms with Crippen LogP contribution in [0.2, 0.25) is 15.1 Å². The molecule has 4 rings (SSSR count). The number of nitrogens with zero attached hydrogens (tertiary/aromatic N) is 2. The lowest BCUT2D eigenvalue weighted by Gasteiger charge is -2.07. The molecule has 0 spiro atoms. The van der Waals surface area contributed by atoms with Crippen LogP contribution in [0.3, 0.4) is 0 Å². The molecule has 0 atom stereocenters. The average Bonchev–Trinajstić information content (AvgIpc) is 3.16. The number of benzene rings is 2. The van der Waals surface area contributed by atoms with Gasteiger partial charge in [0.05, 0.1) is 21.4 Å². The predicted molar refractivity (Wildman–Crippen MR) is 100 cm³/mol. The Bertz CT molecular complexity index is 918. The van der Waals surface area contributed by atoms with Crippen LogP contribution in [-0.2, 0) is 12.8 Å². The lowest BCUT2D eigenvalue weighted by atomic mass is 10.1. The van der Waals surface area contributed by atoms with Gasteiger partial charge in [0.25, 0.3) is 0 Å². The molecule has 1 aliphatic heterocycles. The van der Waals surface area contributed by atoms with Crippen LogP contribution in [0, 0.1) is 0 Å². The molecular weight excluding hydrogens is 365 g/mol. The van der Waals surface area contributed by atoms with Gasteiger partial charge >= 0.3 is 0 Å². The molecule has 6 heteroatoms. The molecule has 3 nitrogen and oxygen atoms in total. The van der Waals surface area contributed by atoms with Gasteiger partial charge in [-0.1, -0.05) is 53.0 Å². The summed E-state index contributed by atoms with van der Waals surface area (Å²) in [7, 11) is 0. The van der Waals surface area contributed by atoms with E-state index in [9.17, 15) is 0 Å². The van der Waals surface area contributed by atoms with Gasteiger partial charge < -0.3 is 5.32 Å². The Balaban J connectivity index is 1.77. The van der Waals surface area contributed by atoms with Crippen molar-refractivity contribution in [1.29, 1.82) is 0 Å². The Hall–Kier alpha value is -1.68. The van der Waals surface area contributed by atoms with Gasteiger partial charge in [0, 0.05) is 23.6 Å². The van der Waals surface area contributed by atoms with Crippen LogP contribution in [0.15, 0.2) is 42.5 Å². The van der Waals surface area contributed by atoms with Gasteiger partial charge in [-0.05, 0) is 36.2 Å². The van der Waals surface area contributed by atoms with E-state index in [1.165, 1.54) is 5.56 Å². The summed E-state index contributed by atoms with van der Waals surface area (Å²) in [6, 6.07) is 13.4. The van der Waals surface area contributed by atoms with Crippen molar-refractivity contribution >= 4 is 40.6 Å². The highest BCUT2D eigenvalue weighted by Crippen LogP contribution is 2.32. The lowest BCUT2D eigenvalue weighted by molar-refractivity contribution is 0.840. The van der Waals surface area contributed by atoms with Crippen LogP contribution in [0.4, 0.5) is 5.82 Å². The van der Waals surface area contributed by atoms with Crippen LogP contribution >= 0.6 is 34.8 Å². The summed E-state index contributed by atoms with van der Waals surface area (Å²) in [6.45, 7) is 0.907. The molecule has 0 radical (unpaired) electrons. The van der Waals surface area contributed by atoms with Crippen LogP contribution in [0.25, 0.3) is 5.69 Å². The third kappa shape index (κ3) is 2.77. The van der Waals surface area contributed by atoms with E-state index in [0.717, 1.165) is 40.8 Å². The summed E-state index contributed by atoms with van der Waals surface area (Å²) < 4.78 is 1.90. The Morgan fingerprint density at radius 2 is 1.83 bits per heavy atom. The second kappa shape index (κ2) is 6.32. The SMILES string of the molecule is Clc1ccc(-n2nc(Cc3ccccc3Cl)c3c2NCC3)cc1Cl. The zero-order valence-electron chi connectivity index (χ0n) is 12.7. The molecule has 2 aromatic carbocycles. The summed E-state index contributed by atoms with van der Waals surface area (Å²) in [4.78, 5) is 0. The summed E-state index contributed by atoms with van der Waals surface area (Å²) in [5, 5.41) is 10.0. The lowest BCUT2D eigenvalue weighted by Crippen LogP contribution is -2.05. The predicted octanol–water partition coefficient (Wildman–Crippen LogP) is 5.39. The number of hydrogen-bond acceptors (Lipinski definition) is 2. The van der Waals surface area contributed by atoms with Crippen LogP contribution in [0.1, 0.15) is 16.8 Å². The third-order valence-electron chi connectivity index (χ3n) is 4.20. The second-order valence-corrected chi connectivity index (χ2v) is 6.95. The second-order valence-electron chi connectivity index (χ2n) is 5.73. The molecule has 122 valence electrons. The highest BCUT2D eigenvalue weighted by molar-refractivity contribution is 6.42. The topological polar surface area (TPSA) is 29.9 Å². The van der Waals surface area contributed by atoms with Gasteiger partial charge in [-0.3, -0.25) is 0 Å². The molecule has 0 saturated carbocycles. The number of anilines is 1. The Kier molecular flexibility index (Phi) is 4.17. The van der Waals surface area contributed by atoms with Gasteiger partial charge in [0.15, 0.2) is 0 Å². The highest BCUT2D eigenvalue weighted by atomic mass is 35.5.